The number of aromatic hydroxyl groups is 1. The number of phenolic OH excluding ortho intramolecular Hbond substituents is 1. The Morgan fingerprint density at radius 2 is 1.84 bits per heavy atom. The molecule has 0 saturated carbocycles. The van der Waals surface area contributed by atoms with Crippen molar-refractivity contribution in [2.75, 3.05) is 40.5 Å². The van der Waals surface area contributed by atoms with Gasteiger partial charge in [0.15, 0.2) is 0 Å². The molecule has 4 aromatic rings. The number of hydrazine groups is 1. The number of pyridine rings is 1. The van der Waals surface area contributed by atoms with Crippen LogP contribution in [0.4, 0.5) is 4.79 Å². The average molecular weight is 853 g/mol. The summed E-state index contributed by atoms with van der Waals surface area (Å²) in [7, 11) is 3.48. The highest BCUT2D eigenvalue weighted by Gasteiger charge is 2.38. The zero-order valence-electron chi connectivity index (χ0n) is 37.8. The van der Waals surface area contributed by atoms with E-state index in [1.54, 1.807) is 47.1 Å². The molecule has 3 atom stereocenters. The zero-order valence-corrected chi connectivity index (χ0v) is 37.8. The largest absolute Gasteiger partial charge is 0.508 e. The summed E-state index contributed by atoms with van der Waals surface area (Å²) >= 11 is 0. The number of alkyl carbamates (subject to hydrolysis) is 1. The molecule has 62 heavy (non-hydrogen) atoms. The highest BCUT2D eigenvalue weighted by molar-refractivity contribution is 5.95. The molecule has 1 unspecified atom stereocenters. The molecule has 6 bridgehead atoms. The lowest BCUT2D eigenvalue weighted by atomic mass is 9.82. The molecule has 2 saturated heterocycles. The summed E-state index contributed by atoms with van der Waals surface area (Å²) in [6, 6.07) is 12.0. The first kappa shape index (κ1) is 45.0. The first-order chi connectivity index (χ1) is 29.4. The molecule has 0 radical (unpaired) electrons. The van der Waals surface area contributed by atoms with Crippen molar-refractivity contribution < 1.29 is 38.4 Å². The van der Waals surface area contributed by atoms with Crippen LogP contribution in [0.15, 0.2) is 48.7 Å². The number of rotatable bonds is 7. The van der Waals surface area contributed by atoms with Gasteiger partial charge in [-0.25, -0.2) is 10.2 Å². The zero-order chi connectivity index (χ0) is 44.6. The van der Waals surface area contributed by atoms with E-state index in [-0.39, 0.29) is 24.9 Å². The third-order valence-corrected chi connectivity index (χ3v) is 12.5. The smallest absolute Gasteiger partial charge is 0.408 e. The van der Waals surface area contributed by atoms with Crippen molar-refractivity contribution in [1.82, 2.24) is 30.6 Å². The van der Waals surface area contributed by atoms with E-state index in [1.165, 1.54) is 5.01 Å². The van der Waals surface area contributed by atoms with Gasteiger partial charge in [0, 0.05) is 67.4 Å². The van der Waals surface area contributed by atoms with E-state index in [4.69, 9.17) is 23.9 Å². The molecule has 2 aromatic carbocycles. The summed E-state index contributed by atoms with van der Waals surface area (Å²) in [6.07, 6.45) is 4.10. The number of nitrogens with zero attached hydrogens (tertiary/aromatic N) is 3. The molecule has 334 valence electrons. The van der Waals surface area contributed by atoms with Gasteiger partial charge in [-0.05, 0) is 132 Å². The predicted octanol–water partition coefficient (Wildman–Crippen LogP) is 7.09. The fourth-order valence-corrected chi connectivity index (χ4v) is 9.25. The number of aryl methyl sites for hydroxylation is 1. The number of hydrogen-bond acceptors (Lipinski definition) is 11. The van der Waals surface area contributed by atoms with E-state index < -0.39 is 46.7 Å². The number of esters is 1. The minimum Gasteiger partial charge on any atom is -0.508 e. The molecule has 2 fully saturated rings. The van der Waals surface area contributed by atoms with Gasteiger partial charge < -0.3 is 39.3 Å². The number of benzene rings is 2. The highest BCUT2D eigenvalue weighted by Crippen LogP contribution is 2.44. The van der Waals surface area contributed by atoms with Gasteiger partial charge in [0.05, 0.1) is 29.7 Å². The quantitative estimate of drug-likeness (QED) is 0.140. The normalized spacial score (nSPS) is 21.2. The Morgan fingerprint density at radius 1 is 1.08 bits per heavy atom. The number of cyclic esters (lactones) is 1. The van der Waals surface area contributed by atoms with Crippen molar-refractivity contribution in [3.63, 3.8) is 0 Å². The Morgan fingerprint density at radius 3 is 2.53 bits per heavy atom. The second kappa shape index (κ2) is 18.0. The van der Waals surface area contributed by atoms with Crippen LogP contribution >= 0.6 is 0 Å². The molecule has 3 aliphatic heterocycles. The number of carbonyl (C=O) groups excluding carboxylic acids is 3. The van der Waals surface area contributed by atoms with Gasteiger partial charge in [-0.3, -0.25) is 19.6 Å². The molecule has 14 nitrogen and oxygen atoms in total. The molecular formula is C48H64N6O8. The van der Waals surface area contributed by atoms with E-state index in [2.05, 4.69) is 59.6 Å². The number of nitrogens with one attached hydrogen (secondary N) is 3. The van der Waals surface area contributed by atoms with Gasteiger partial charge in [0.2, 0.25) is 0 Å². The number of methoxy groups -OCH3 is 2. The molecule has 14 heteroatoms. The summed E-state index contributed by atoms with van der Waals surface area (Å²) in [6.45, 7) is 16.4. The third-order valence-electron chi connectivity index (χ3n) is 12.5. The van der Waals surface area contributed by atoms with Crippen LogP contribution in [0.2, 0.25) is 0 Å². The maximum absolute atomic E-state index is 14.2. The van der Waals surface area contributed by atoms with Gasteiger partial charge in [0.1, 0.15) is 23.4 Å². The number of phenols is 1. The Labute approximate surface area is 365 Å². The highest BCUT2D eigenvalue weighted by atomic mass is 16.6. The van der Waals surface area contributed by atoms with Crippen LogP contribution in [0.5, 0.6) is 5.75 Å². The van der Waals surface area contributed by atoms with E-state index in [0.29, 0.717) is 37.9 Å². The van der Waals surface area contributed by atoms with E-state index in [1.807, 2.05) is 25.3 Å². The minimum atomic E-state index is -1.08. The van der Waals surface area contributed by atoms with Crippen LogP contribution in [0, 0.1) is 5.41 Å². The number of aromatic nitrogens is 2. The molecular weight excluding hydrogens is 789 g/mol. The summed E-state index contributed by atoms with van der Waals surface area (Å²) in [5, 5.41) is 19.9. The summed E-state index contributed by atoms with van der Waals surface area (Å²) in [5.74, 6) is -0.866. The average Bonchev–Trinajstić information content (AvgIpc) is 3.55. The molecule has 3 aliphatic rings. The lowest BCUT2D eigenvalue weighted by Gasteiger charge is -2.37. The number of amides is 2. The molecule has 4 N–H and O–H groups in total. The van der Waals surface area contributed by atoms with Crippen molar-refractivity contribution in [2.45, 2.75) is 123 Å². The van der Waals surface area contributed by atoms with Gasteiger partial charge >= 0.3 is 12.1 Å². The molecule has 0 aliphatic carbocycles. The fraction of sp³-hybridized carbons (Fsp3) is 0.542. The Bertz CT molecular complexity index is 2310. The van der Waals surface area contributed by atoms with Crippen LogP contribution in [0.1, 0.15) is 103 Å². The van der Waals surface area contributed by atoms with Gasteiger partial charge in [-0.15, -0.1) is 0 Å². The van der Waals surface area contributed by atoms with Crippen molar-refractivity contribution in [3.8, 4) is 28.1 Å². The van der Waals surface area contributed by atoms with Crippen molar-refractivity contribution in [3.05, 3.63) is 71.0 Å². The number of piperidine rings is 1. The van der Waals surface area contributed by atoms with Crippen molar-refractivity contribution in [1.29, 1.82) is 0 Å². The third kappa shape index (κ3) is 9.48. The molecule has 2 amide bonds. The van der Waals surface area contributed by atoms with Crippen molar-refractivity contribution >= 4 is 28.9 Å². The van der Waals surface area contributed by atoms with Crippen LogP contribution < -0.4 is 16.1 Å². The second-order valence-electron chi connectivity index (χ2n) is 18.8. The molecule has 5 heterocycles. The van der Waals surface area contributed by atoms with E-state index in [0.717, 1.165) is 76.0 Å². The molecule has 0 spiro atoms. The maximum Gasteiger partial charge on any atom is 0.408 e. The summed E-state index contributed by atoms with van der Waals surface area (Å²) in [4.78, 5) is 46.4. The predicted molar refractivity (Wildman–Crippen MR) is 237 cm³/mol. The standard InChI is InChI=1S/C48H64N6O8/c1-10-53-40-14-13-31-24-35(40)37(42(53)36-25-33(27-50-41(36)29(2)59-8)48(60-9)15-17-49-18-16-48)26-47(6,7)28-61-44(57)38-12-11-19-54(52-38)43(56)39(51-45(58)62-46(3,4)5)22-30-20-32(31)23-34(55)21-30/h13-14,20-21,23-25,27,29,38-39,49,52,55H,10-12,15-19,22,26,28H2,1-9H3,(H,51,58)/t29-,38-,39?/m0/s1. The lowest BCUT2D eigenvalue weighted by molar-refractivity contribution is -0.155. The van der Waals surface area contributed by atoms with Crippen LogP contribution in [0.3, 0.4) is 0 Å². The summed E-state index contributed by atoms with van der Waals surface area (Å²) in [5.41, 5.74) is 9.36. The number of ether oxygens (including phenoxy) is 4. The van der Waals surface area contributed by atoms with Gasteiger partial charge in [0.25, 0.3) is 5.91 Å². The van der Waals surface area contributed by atoms with Crippen LogP contribution in [-0.4, -0.2) is 95.8 Å². The Hall–Kier alpha value is -5.02. The first-order valence-corrected chi connectivity index (χ1v) is 22.0. The SMILES string of the molecule is CCn1c(-c2cc(C3(OC)CCNCC3)cnc2[C@H](C)OC)c2c3cc(ccc31)-c1cc(O)cc(c1)CC(NC(=O)OC(C)(C)C)C(=O)N1CCC[C@H](N1)C(=O)OCC(C)(C)C2. The number of fused-ring (bicyclic) bond motifs is 6. The van der Waals surface area contributed by atoms with Gasteiger partial charge in [-0.1, -0.05) is 26.0 Å². The monoisotopic (exact) mass is 852 g/mol. The minimum absolute atomic E-state index is 0.0219. The maximum atomic E-state index is 14.2. The fourth-order valence-electron chi connectivity index (χ4n) is 9.25. The number of hydrogen-bond donors (Lipinski definition) is 4. The van der Waals surface area contributed by atoms with Gasteiger partial charge in [-0.2, -0.15) is 0 Å². The number of carbonyl (C=O) groups is 3. The Kier molecular flexibility index (Phi) is 13.1. The second-order valence-corrected chi connectivity index (χ2v) is 18.8. The van der Waals surface area contributed by atoms with E-state index >= 15 is 0 Å². The van der Waals surface area contributed by atoms with Crippen LogP contribution in [0.25, 0.3) is 33.3 Å². The lowest BCUT2D eigenvalue weighted by Crippen LogP contribution is -2.60. The molecule has 2 aromatic heterocycles. The van der Waals surface area contributed by atoms with E-state index in [9.17, 15) is 19.5 Å². The van der Waals surface area contributed by atoms with Crippen molar-refractivity contribution in [2.24, 2.45) is 5.41 Å². The topological polar surface area (TPSA) is 166 Å². The summed E-state index contributed by atoms with van der Waals surface area (Å²) < 4.78 is 26.3. The first-order valence-electron chi connectivity index (χ1n) is 22.0. The molecule has 7 rings (SSSR count). The van der Waals surface area contributed by atoms with Crippen LogP contribution in [-0.2, 0) is 53.5 Å². The Balaban J connectivity index is 1.43.